The Hall–Kier alpha value is -3.77. The van der Waals surface area contributed by atoms with Gasteiger partial charge in [0, 0.05) is 5.02 Å². The average Bonchev–Trinajstić information content (AvgIpc) is 3.07. The molecule has 0 saturated carbocycles. The molecule has 0 aromatic heterocycles. The molecule has 168 valence electrons. The monoisotopic (exact) mass is 462 g/mol. The topological polar surface area (TPSA) is 67.9 Å². The first-order valence-electron chi connectivity index (χ1n) is 10.5. The van der Waals surface area contributed by atoms with Crippen molar-refractivity contribution < 1.29 is 19.1 Å². The summed E-state index contributed by atoms with van der Waals surface area (Å²) in [5.74, 6) is 0.698. The van der Waals surface area contributed by atoms with Gasteiger partial charge in [0.2, 0.25) is 0 Å². The molecule has 0 spiro atoms. The van der Waals surface area contributed by atoms with Gasteiger partial charge in [0.05, 0.1) is 12.3 Å². The van der Waals surface area contributed by atoms with Gasteiger partial charge in [-0.15, -0.1) is 0 Å². The highest BCUT2D eigenvalue weighted by molar-refractivity contribution is 6.32. The molecule has 1 aliphatic heterocycles. The Morgan fingerprint density at radius 2 is 1.76 bits per heavy atom. The molecular weight excluding hydrogens is 440 g/mol. The number of imide groups is 1. The molecule has 0 atom stereocenters. The van der Waals surface area contributed by atoms with Crippen molar-refractivity contribution in [1.29, 1.82) is 0 Å². The molecule has 33 heavy (non-hydrogen) atoms. The number of halogens is 1. The average molecular weight is 463 g/mol. The highest BCUT2D eigenvalue weighted by atomic mass is 35.5. The van der Waals surface area contributed by atoms with Gasteiger partial charge in [0.1, 0.15) is 12.3 Å². The van der Waals surface area contributed by atoms with Crippen LogP contribution in [-0.4, -0.2) is 18.5 Å². The molecule has 0 aliphatic carbocycles. The Bertz CT molecular complexity index is 1220. The number of aryl methyl sites for hydroxylation is 1. The van der Waals surface area contributed by atoms with E-state index in [0.717, 1.165) is 10.5 Å². The van der Waals surface area contributed by atoms with Crippen LogP contribution in [0.25, 0.3) is 6.08 Å². The van der Waals surface area contributed by atoms with Crippen LogP contribution in [0.15, 0.2) is 72.4 Å². The summed E-state index contributed by atoms with van der Waals surface area (Å²) in [6, 6.07) is 19.6. The fourth-order valence-electron chi connectivity index (χ4n) is 3.40. The SMILES string of the molecule is CCOc1cc(C=C2NC(=O)N(c3cccc(Cl)c3)C2=O)ccc1OCc1ccc(C)cc1. The van der Waals surface area contributed by atoms with E-state index < -0.39 is 11.9 Å². The highest BCUT2D eigenvalue weighted by Gasteiger charge is 2.35. The maximum absolute atomic E-state index is 12.9. The van der Waals surface area contributed by atoms with Crippen molar-refractivity contribution in [3.05, 3.63) is 94.1 Å². The van der Waals surface area contributed by atoms with Crippen molar-refractivity contribution in [2.45, 2.75) is 20.5 Å². The smallest absolute Gasteiger partial charge is 0.333 e. The molecule has 1 N–H and O–H groups in total. The van der Waals surface area contributed by atoms with E-state index in [9.17, 15) is 9.59 Å². The number of anilines is 1. The van der Waals surface area contributed by atoms with Gasteiger partial charge in [-0.3, -0.25) is 4.79 Å². The first kappa shape index (κ1) is 22.4. The molecule has 3 aromatic carbocycles. The Balaban J connectivity index is 1.55. The molecular formula is C26H23ClN2O4. The number of hydrogen-bond donors (Lipinski definition) is 1. The van der Waals surface area contributed by atoms with E-state index >= 15 is 0 Å². The second kappa shape index (κ2) is 9.79. The van der Waals surface area contributed by atoms with Crippen LogP contribution in [0.1, 0.15) is 23.6 Å². The minimum Gasteiger partial charge on any atom is -0.490 e. The number of carbonyl (C=O) groups is 2. The number of nitrogens with one attached hydrogen (secondary N) is 1. The number of ether oxygens (including phenoxy) is 2. The highest BCUT2D eigenvalue weighted by Crippen LogP contribution is 2.31. The summed E-state index contributed by atoms with van der Waals surface area (Å²) in [5.41, 5.74) is 3.50. The molecule has 1 fully saturated rings. The lowest BCUT2D eigenvalue weighted by Gasteiger charge is -2.13. The number of urea groups is 1. The van der Waals surface area contributed by atoms with Crippen LogP contribution in [0, 0.1) is 6.92 Å². The zero-order valence-electron chi connectivity index (χ0n) is 18.3. The summed E-state index contributed by atoms with van der Waals surface area (Å²) in [7, 11) is 0. The first-order valence-corrected chi connectivity index (χ1v) is 10.9. The van der Waals surface area contributed by atoms with Gasteiger partial charge in [-0.2, -0.15) is 0 Å². The van der Waals surface area contributed by atoms with Crippen molar-refractivity contribution in [1.82, 2.24) is 5.32 Å². The predicted molar refractivity (Wildman–Crippen MR) is 129 cm³/mol. The molecule has 1 heterocycles. The van der Waals surface area contributed by atoms with Gasteiger partial charge < -0.3 is 14.8 Å². The van der Waals surface area contributed by atoms with E-state index in [1.54, 1.807) is 42.5 Å². The van der Waals surface area contributed by atoms with Crippen LogP contribution < -0.4 is 19.7 Å². The van der Waals surface area contributed by atoms with E-state index in [1.165, 1.54) is 5.56 Å². The van der Waals surface area contributed by atoms with E-state index in [1.807, 2.05) is 44.2 Å². The van der Waals surface area contributed by atoms with E-state index in [2.05, 4.69) is 5.32 Å². The van der Waals surface area contributed by atoms with Gasteiger partial charge in [0.25, 0.3) is 5.91 Å². The third kappa shape index (κ3) is 5.18. The van der Waals surface area contributed by atoms with Crippen LogP contribution in [0.2, 0.25) is 5.02 Å². The Labute approximate surface area is 197 Å². The van der Waals surface area contributed by atoms with Gasteiger partial charge in [-0.1, -0.05) is 53.6 Å². The minimum absolute atomic E-state index is 0.163. The zero-order chi connectivity index (χ0) is 23.4. The van der Waals surface area contributed by atoms with E-state index in [0.29, 0.717) is 41.0 Å². The summed E-state index contributed by atoms with van der Waals surface area (Å²) >= 11 is 6.01. The summed E-state index contributed by atoms with van der Waals surface area (Å²) in [6.45, 7) is 4.79. The van der Waals surface area contributed by atoms with Crippen molar-refractivity contribution in [2.24, 2.45) is 0 Å². The molecule has 7 heteroatoms. The lowest BCUT2D eigenvalue weighted by Crippen LogP contribution is -2.30. The lowest BCUT2D eigenvalue weighted by atomic mass is 10.1. The quantitative estimate of drug-likeness (QED) is 0.360. The molecule has 0 bridgehead atoms. The second-order valence-corrected chi connectivity index (χ2v) is 7.96. The van der Waals surface area contributed by atoms with E-state index in [4.69, 9.17) is 21.1 Å². The van der Waals surface area contributed by atoms with Gasteiger partial charge in [0.15, 0.2) is 11.5 Å². The number of benzene rings is 3. The Morgan fingerprint density at radius 1 is 0.970 bits per heavy atom. The van der Waals surface area contributed by atoms with Crippen LogP contribution in [0.3, 0.4) is 0 Å². The summed E-state index contributed by atoms with van der Waals surface area (Å²) in [5, 5.41) is 3.06. The largest absolute Gasteiger partial charge is 0.490 e. The standard InChI is InChI=1S/C26H23ClN2O4/c1-3-32-24-14-19(11-12-23(24)33-16-18-9-7-17(2)8-10-18)13-22-25(30)29(26(31)28-22)21-6-4-5-20(27)15-21/h4-15H,3,16H2,1-2H3,(H,28,31). The minimum atomic E-state index is -0.531. The maximum atomic E-state index is 12.9. The molecule has 1 aliphatic rings. The predicted octanol–water partition coefficient (Wildman–Crippen LogP) is 5.72. The van der Waals surface area contributed by atoms with Crippen molar-refractivity contribution >= 4 is 35.3 Å². The maximum Gasteiger partial charge on any atom is 0.333 e. The molecule has 1 saturated heterocycles. The number of amides is 3. The fourth-order valence-corrected chi connectivity index (χ4v) is 3.58. The molecule has 0 unspecified atom stereocenters. The number of nitrogens with zero attached hydrogens (tertiary/aromatic N) is 1. The summed E-state index contributed by atoms with van der Waals surface area (Å²) < 4.78 is 11.7. The summed E-state index contributed by atoms with van der Waals surface area (Å²) in [4.78, 5) is 26.4. The molecule has 0 radical (unpaired) electrons. The number of rotatable bonds is 7. The third-order valence-electron chi connectivity index (χ3n) is 5.04. The molecule has 4 rings (SSSR count). The first-order chi connectivity index (χ1) is 15.9. The van der Waals surface area contributed by atoms with Crippen molar-refractivity contribution in [3.63, 3.8) is 0 Å². The van der Waals surface area contributed by atoms with E-state index in [-0.39, 0.29) is 5.70 Å². The normalized spacial score (nSPS) is 14.5. The fraction of sp³-hybridized carbons (Fsp3) is 0.154. The molecule has 6 nitrogen and oxygen atoms in total. The van der Waals surface area contributed by atoms with Crippen LogP contribution in [0.5, 0.6) is 11.5 Å². The molecule has 3 aromatic rings. The lowest BCUT2D eigenvalue weighted by molar-refractivity contribution is -0.113. The number of hydrogen-bond acceptors (Lipinski definition) is 4. The van der Waals surface area contributed by atoms with Gasteiger partial charge in [-0.05, 0) is 61.4 Å². The number of carbonyl (C=O) groups excluding carboxylic acids is 2. The van der Waals surface area contributed by atoms with Crippen molar-refractivity contribution in [2.75, 3.05) is 11.5 Å². The Morgan fingerprint density at radius 3 is 2.48 bits per heavy atom. The van der Waals surface area contributed by atoms with Crippen LogP contribution in [0.4, 0.5) is 10.5 Å². The summed E-state index contributed by atoms with van der Waals surface area (Å²) in [6.07, 6.45) is 1.61. The Kier molecular flexibility index (Phi) is 6.66. The van der Waals surface area contributed by atoms with Crippen LogP contribution in [-0.2, 0) is 11.4 Å². The molecule has 3 amide bonds. The second-order valence-electron chi connectivity index (χ2n) is 7.52. The third-order valence-corrected chi connectivity index (χ3v) is 5.27. The van der Waals surface area contributed by atoms with Gasteiger partial charge in [-0.25, -0.2) is 9.69 Å². The van der Waals surface area contributed by atoms with Gasteiger partial charge >= 0.3 is 6.03 Å². The zero-order valence-corrected chi connectivity index (χ0v) is 19.1. The van der Waals surface area contributed by atoms with Crippen LogP contribution >= 0.6 is 11.6 Å². The van der Waals surface area contributed by atoms with Crippen molar-refractivity contribution in [3.8, 4) is 11.5 Å².